The summed E-state index contributed by atoms with van der Waals surface area (Å²) in [6, 6.07) is 9.22. The van der Waals surface area contributed by atoms with Crippen LogP contribution in [-0.4, -0.2) is 15.6 Å². The summed E-state index contributed by atoms with van der Waals surface area (Å²) in [6.45, 7) is 4.79. The quantitative estimate of drug-likeness (QED) is 0.168. The van der Waals surface area contributed by atoms with Crippen molar-refractivity contribution in [2.45, 2.75) is 39.0 Å². The summed E-state index contributed by atoms with van der Waals surface area (Å²) < 4.78 is 1.23. The zero-order valence-electron chi connectivity index (χ0n) is 17.0. The van der Waals surface area contributed by atoms with Gasteiger partial charge in [-0.05, 0) is 0 Å². The van der Waals surface area contributed by atoms with Crippen LogP contribution >= 0.6 is 31.9 Å². The molecular weight excluding hydrogens is 565 g/mol. The predicted molar refractivity (Wildman–Crippen MR) is 127 cm³/mol. The minimum atomic E-state index is -0.963. The topological polar surface area (TPSA) is 0 Å². The first-order chi connectivity index (χ1) is 13.7. The Bertz CT molecular complexity index is 798. The van der Waals surface area contributed by atoms with Crippen molar-refractivity contribution >= 4 is 38.0 Å². The van der Waals surface area contributed by atoms with Gasteiger partial charge >= 0.3 is 177 Å². The second-order valence-electron chi connectivity index (χ2n) is 7.57. The van der Waals surface area contributed by atoms with E-state index in [9.17, 15) is 0 Å². The van der Waals surface area contributed by atoms with E-state index in [2.05, 4.69) is 97.3 Å². The summed E-state index contributed by atoms with van der Waals surface area (Å²) in [4.78, 5) is 0. The molecular formula is C24H30ClHfPS. The minimum absolute atomic E-state index is 0.432. The normalized spacial score (nSPS) is 25.2. The third kappa shape index (κ3) is 5.05. The van der Waals surface area contributed by atoms with Crippen LogP contribution in [0, 0.1) is 5.92 Å². The van der Waals surface area contributed by atoms with E-state index in [0.29, 0.717) is 2.91 Å². The molecule has 1 aliphatic heterocycles. The molecule has 148 valence electrons. The smallest absolute Gasteiger partial charge is 0.0108 e. The Labute approximate surface area is 193 Å². The van der Waals surface area contributed by atoms with Gasteiger partial charge in [-0.15, -0.1) is 11.6 Å². The van der Waals surface area contributed by atoms with Gasteiger partial charge in [-0.3, -0.25) is 0 Å². The molecule has 0 N–H and O–H groups in total. The molecule has 3 aliphatic rings. The molecule has 1 heterocycles. The number of allylic oxidation sites excluding steroid dienone is 5. The maximum atomic E-state index is 4.64. The third-order valence-corrected chi connectivity index (χ3v) is 19.1. The number of unbranched alkanes of at least 4 members (excludes halogenated alkanes) is 1. The van der Waals surface area contributed by atoms with Crippen LogP contribution in [0.5, 0.6) is 0 Å². The summed E-state index contributed by atoms with van der Waals surface area (Å²) in [5.41, 5.74) is 6.28. The van der Waals surface area contributed by atoms with Crippen molar-refractivity contribution in [3.63, 3.8) is 0 Å². The Hall–Kier alpha value is 0.120. The fourth-order valence-electron chi connectivity index (χ4n) is 3.95. The zero-order valence-corrected chi connectivity index (χ0v) is 23.2. The van der Waals surface area contributed by atoms with E-state index in [4.69, 9.17) is 0 Å². The minimum Gasteiger partial charge on any atom is -0.130 e. The van der Waals surface area contributed by atoms with Crippen LogP contribution in [0.2, 0.25) is 0 Å². The van der Waals surface area contributed by atoms with Crippen molar-refractivity contribution in [1.29, 1.82) is 0 Å². The fraction of sp³-hybridized carbons (Fsp3) is 0.417. The van der Waals surface area contributed by atoms with E-state index in [1.165, 1.54) is 42.9 Å². The van der Waals surface area contributed by atoms with E-state index >= 15 is 0 Å². The summed E-state index contributed by atoms with van der Waals surface area (Å²) >= 11 is 5.79. The Kier molecular flexibility index (Phi) is 8.91. The molecule has 0 spiro atoms. The number of alkyl halides is 1. The van der Waals surface area contributed by atoms with Crippen LogP contribution < -0.4 is 0 Å². The van der Waals surface area contributed by atoms with Gasteiger partial charge in [0.25, 0.3) is 0 Å². The predicted octanol–water partition coefficient (Wildman–Crippen LogP) is 7.76. The maximum Gasteiger partial charge on any atom is 0.0108 e. The van der Waals surface area contributed by atoms with Gasteiger partial charge in [0.15, 0.2) is 0 Å². The van der Waals surface area contributed by atoms with Crippen molar-refractivity contribution in [2.75, 3.05) is 12.5 Å². The summed E-state index contributed by atoms with van der Waals surface area (Å²) in [6.07, 6.45) is 19.0. The number of rotatable bonds is 8. The first kappa shape index (κ1) is 22.8. The van der Waals surface area contributed by atoms with Gasteiger partial charge in [-0.25, -0.2) is 0 Å². The molecule has 0 amide bonds. The summed E-state index contributed by atoms with van der Waals surface area (Å²) in [5.74, 6) is 0.868. The molecule has 4 heteroatoms. The molecule has 2 aliphatic carbocycles. The number of fused-ring (bicyclic) bond motifs is 2. The molecule has 0 saturated carbocycles. The van der Waals surface area contributed by atoms with Crippen LogP contribution in [-0.2, 0) is 25.8 Å². The van der Waals surface area contributed by atoms with Gasteiger partial charge in [0, 0.05) is 6.38 Å². The van der Waals surface area contributed by atoms with Crippen LogP contribution in [0.3, 0.4) is 0 Å². The largest absolute Gasteiger partial charge is 0.130 e. The number of benzene rings is 1. The summed E-state index contributed by atoms with van der Waals surface area (Å²) in [5, 5.41) is 2.41. The number of halogens is 1. The van der Waals surface area contributed by atoms with E-state index in [1.54, 1.807) is 11.1 Å². The molecule has 1 aromatic carbocycles. The molecule has 4 unspecified atom stereocenters. The Morgan fingerprint density at radius 1 is 1.25 bits per heavy atom. The van der Waals surface area contributed by atoms with E-state index < -0.39 is 22.9 Å². The van der Waals surface area contributed by atoms with Gasteiger partial charge < -0.3 is 0 Å². The molecule has 0 nitrogen and oxygen atoms in total. The number of hydrogen-bond donors (Lipinski definition) is 0. The average Bonchev–Trinajstić information content (AvgIpc) is 3.44. The van der Waals surface area contributed by atoms with Crippen molar-refractivity contribution in [3.8, 4) is 0 Å². The van der Waals surface area contributed by atoms with E-state index in [-0.39, 0.29) is 0 Å². The molecule has 1 aromatic rings. The monoisotopic (exact) mass is 596 g/mol. The molecule has 0 bridgehead atoms. The molecule has 0 radical (unpaired) electrons. The van der Waals surface area contributed by atoms with Crippen LogP contribution in [0.25, 0.3) is 6.08 Å². The second-order valence-corrected chi connectivity index (χ2v) is 19.3. The Morgan fingerprint density at radius 3 is 2.89 bits per heavy atom. The maximum absolute atomic E-state index is 4.64. The van der Waals surface area contributed by atoms with Crippen molar-refractivity contribution in [3.05, 3.63) is 76.3 Å². The first-order valence-corrected chi connectivity index (χ1v) is 16.9. The van der Waals surface area contributed by atoms with Crippen molar-refractivity contribution in [2.24, 2.45) is 5.92 Å². The first-order valence-electron chi connectivity index (χ1n) is 10.2. The molecule has 0 fully saturated rings. The molecule has 0 saturated heterocycles. The summed E-state index contributed by atoms with van der Waals surface area (Å²) in [7, 11) is 1.06. The van der Waals surface area contributed by atoms with E-state index in [1.807, 2.05) is 0 Å². The van der Waals surface area contributed by atoms with Crippen LogP contribution in [0.4, 0.5) is 0 Å². The molecule has 0 aromatic heterocycles. The van der Waals surface area contributed by atoms with Gasteiger partial charge in [0.05, 0.1) is 0 Å². The van der Waals surface area contributed by atoms with Gasteiger partial charge in [-0.2, -0.15) is 0 Å². The Balaban J connectivity index is 0.00000109. The fourth-order valence-corrected chi connectivity index (χ4v) is 18.7. The second kappa shape index (κ2) is 10.9. The zero-order chi connectivity index (χ0) is 20.0. The van der Waals surface area contributed by atoms with Gasteiger partial charge in [-0.1, -0.05) is 0 Å². The third-order valence-electron chi connectivity index (χ3n) is 5.54. The SMILES string of the molecule is CCCCC(C)CP[C]1([Hf][CH]2SC=C3C=CC=C32)C=Cc2ccccc21.CCl. The average molecular weight is 595 g/mol. The van der Waals surface area contributed by atoms with Crippen LogP contribution in [0.15, 0.2) is 65.1 Å². The van der Waals surface area contributed by atoms with Gasteiger partial charge in [0.2, 0.25) is 0 Å². The molecule has 4 rings (SSSR count). The Morgan fingerprint density at radius 2 is 2.07 bits per heavy atom. The van der Waals surface area contributed by atoms with Gasteiger partial charge in [0.1, 0.15) is 0 Å². The van der Waals surface area contributed by atoms with E-state index in [0.717, 1.165) is 17.5 Å². The standard InChI is InChI=1S/C16H22P.C7H5S.CH3Cl.Hf/c1-3-4-7-13(2)12-17-16-11-10-14-8-5-6-9-15(14)16;1-2-6-4-8-5-7(6)3-1;1-2;/h5-6,8-11,13,17H,3-4,7,12H2,1-2H3;1-5H;1H3;. The number of hydrogen-bond acceptors (Lipinski definition) is 1. The van der Waals surface area contributed by atoms with Crippen molar-refractivity contribution < 1.29 is 22.9 Å². The number of thioether (sulfide) groups is 1. The molecule has 28 heavy (non-hydrogen) atoms. The van der Waals surface area contributed by atoms with Crippen molar-refractivity contribution in [1.82, 2.24) is 0 Å². The van der Waals surface area contributed by atoms with Crippen LogP contribution in [0.1, 0.15) is 44.2 Å². The molecule has 4 atom stereocenters.